The van der Waals surface area contributed by atoms with E-state index in [2.05, 4.69) is 15.3 Å². The summed E-state index contributed by atoms with van der Waals surface area (Å²) in [7, 11) is 0. The van der Waals surface area contributed by atoms with Crippen molar-refractivity contribution in [3.8, 4) is 0 Å². The Morgan fingerprint density at radius 1 is 1.00 bits per heavy atom. The largest absolute Gasteiger partial charge is 0.416 e. The molecule has 0 aliphatic heterocycles. The summed E-state index contributed by atoms with van der Waals surface area (Å²) in [5.74, 6) is 0.555. The van der Waals surface area contributed by atoms with Crippen LogP contribution in [-0.4, -0.2) is 9.97 Å². The molecular formula is C21H22F3N3O. The van der Waals surface area contributed by atoms with E-state index < -0.39 is 11.7 Å². The summed E-state index contributed by atoms with van der Waals surface area (Å²) < 4.78 is 39.1. The van der Waals surface area contributed by atoms with Gasteiger partial charge >= 0.3 is 11.9 Å². The number of H-pyrrole nitrogens is 2. The van der Waals surface area contributed by atoms with Crippen molar-refractivity contribution in [2.75, 3.05) is 5.32 Å². The molecule has 1 saturated carbocycles. The first-order valence-corrected chi connectivity index (χ1v) is 9.58. The predicted octanol–water partition coefficient (Wildman–Crippen LogP) is 5.74. The number of benzene rings is 2. The number of imidazole rings is 1. The molecule has 28 heavy (non-hydrogen) atoms. The minimum absolute atomic E-state index is 0.296. The van der Waals surface area contributed by atoms with Gasteiger partial charge in [0, 0.05) is 11.4 Å². The van der Waals surface area contributed by atoms with Gasteiger partial charge in [0.1, 0.15) is 0 Å². The average Bonchev–Trinajstić information content (AvgIpc) is 3.01. The number of fused-ring (bicyclic) bond motifs is 1. The third-order valence-corrected chi connectivity index (χ3v) is 5.44. The van der Waals surface area contributed by atoms with Crippen LogP contribution in [0.25, 0.3) is 11.0 Å². The van der Waals surface area contributed by atoms with Crippen molar-refractivity contribution in [1.82, 2.24) is 9.97 Å². The van der Waals surface area contributed by atoms with Gasteiger partial charge in [0.25, 0.3) is 0 Å². The lowest BCUT2D eigenvalue weighted by molar-refractivity contribution is -0.137. The molecular weight excluding hydrogens is 367 g/mol. The van der Waals surface area contributed by atoms with Crippen LogP contribution in [0.5, 0.6) is 0 Å². The molecule has 1 aliphatic carbocycles. The highest BCUT2D eigenvalue weighted by Gasteiger charge is 2.30. The number of rotatable bonds is 4. The zero-order chi connectivity index (χ0) is 19.7. The van der Waals surface area contributed by atoms with Crippen molar-refractivity contribution >= 4 is 22.4 Å². The number of hydrogen-bond acceptors (Lipinski definition) is 2. The van der Waals surface area contributed by atoms with Crippen LogP contribution in [0.3, 0.4) is 0 Å². The average molecular weight is 389 g/mol. The van der Waals surface area contributed by atoms with Gasteiger partial charge in [-0.3, -0.25) is 0 Å². The Hall–Kier alpha value is -2.70. The number of nitrogens with one attached hydrogen (secondary N) is 3. The summed E-state index contributed by atoms with van der Waals surface area (Å²) >= 11 is 0. The molecule has 1 heterocycles. The van der Waals surface area contributed by atoms with Crippen LogP contribution in [0.2, 0.25) is 0 Å². The lowest BCUT2D eigenvalue weighted by Crippen LogP contribution is -2.11. The SMILES string of the molecule is O=c1[nH]c2cc(CC3CCCCC3)c(Nc3cccc(C(F)(F)F)c3)cc2[nH]1. The second kappa shape index (κ2) is 7.37. The molecule has 0 radical (unpaired) electrons. The van der Waals surface area contributed by atoms with E-state index in [0.717, 1.165) is 42.6 Å². The number of hydrogen-bond donors (Lipinski definition) is 3. The van der Waals surface area contributed by atoms with Crippen LogP contribution in [0.1, 0.15) is 43.2 Å². The maximum atomic E-state index is 13.0. The van der Waals surface area contributed by atoms with E-state index >= 15 is 0 Å². The van der Waals surface area contributed by atoms with Gasteiger partial charge < -0.3 is 15.3 Å². The van der Waals surface area contributed by atoms with Crippen molar-refractivity contribution in [2.24, 2.45) is 5.92 Å². The van der Waals surface area contributed by atoms with Crippen molar-refractivity contribution in [1.29, 1.82) is 0 Å². The quantitative estimate of drug-likeness (QED) is 0.533. The molecule has 4 nitrogen and oxygen atoms in total. The lowest BCUT2D eigenvalue weighted by atomic mass is 9.84. The smallest absolute Gasteiger partial charge is 0.355 e. The number of aromatic nitrogens is 2. The molecule has 0 amide bonds. The van der Waals surface area contributed by atoms with E-state index in [1.165, 1.54) is 25.3 Å². The summed E-state index contributed by atoms with van der Waals surface area (Å²) in [5.41, 5.74) is 2.46. The predicted molar refractivity (Wildman–Crippen MR) is 104 cm³/mol. The topological polar surface area (TPSA) is 60.7 Å². The van der Waals surface area contributed by atoms with Gasteiger partial charge in [-0.1, -0.05) is 38.2 Å². The van der Waals surface area contributed by atoms with Crippen molar-refractivity contribution < 1.29 is 13.2 Å². The third-order valence-electron chi connectivity index (χ3n) is 5.44. The Morgan fingerprint density at radius 3 is 2.43 bits per heavy atom. The number of aromatic amines is 2. The Morgan fingerprint density at radius 2 is 1.71 bits per heavy atom. The molecule has 7 heteroatoms. The number of halogens is 3. The maximum Gasteiger partial charge on any atom is 0.416 e. The van der Waals surface area contributed by atoms with Crippen LogP contribution >= 0.6 is 0 Å². The summed E-state index contributed by atoms with van der Waals surface area (Å²) in [6, 6.07) is 8.89. The van der Waals surface area contributed by atoms with Crippen LogP contribution < -0.4 is 11.0 Å². The molecule has 3 aromatic rings. The lowest BCUT2D eigenvalue weighted by Gasteiger charge is -2.23. The fourth-order valence-electron chi connectivity index (χ4n) is 4.04. The van der Waals surface area contributed by atoms with Crippen molar-refractivity contribution in [3.63, 3.8) is 0 Å². The molecule has 148 valence electrons. The van der Waals surface area contributed by atoms with E-state index in [-0.39, 0.29) is 5.69 Å². The van der Waals surface area contributed by atoms with E-state index in [1.807, 2.05) is 6.07 Å². The van der Waals surface area contributed by atoms with Crippen LogP contribution in [0, 0.1) is 5.92 Å². The molecule has 0 saturated heterocycles. The highest BCUT2D eigenvalue weighted by molar-refractivity contribution is 5.82. The first kappa shape index (κ1) is 18.7. The van der Waals surface area contributed by atoms with Crippen molar-refractivity contribution in [3.05, 3.63) is 58.0 Å². The first-order chi connectivity index (χ1) is 13.4. The molecule has 1 aliphatic rings. The molecule has 3 N–H and O–H groups in total. The highest BCUT2D eigenvalue weighted by Crippen LogP contribution is 2.34. The Balaban J connectivity index is 1.69. The van der Waals surface area contributed by atoms with E-state index in [9.17, 15) is 18.0 Å². The molecule has 2 aromatic carbocycles. The van der Waals surface area contributed by atoms with Gasteiger partial charge in [0.2, 0.25) is 0 Å². The van der Waals surface area contributed by atoms with Gasteiger partial charge in [-0.05, 0) is 48.2 Å². The van der Waals surface area contributed by atoms with Crippen LogP contribution in [-0.2, 0) is 12.6 Å². The van der Waals surface area contributed by atoms with Gasteiger partial charge in [-0.25, -0.2) is 4.79 Å². The van der Waals surface area contributed by atoms with Gasteiger partial charge in [0.15, 0.2) is 0 Å². The second-order valence-electron chi connectivity index (χ2n) is 7.55. The van der Waals surface area contributed by atoms with Gasteiger partial charge in [-0.15, -0.1) is 0 Å². The minimum atomic E-state index is -4.39. The summed E-state index contributed by atoms with van der Waals surface area (Å²) in [6.45, 7) is 0. The molecule has 1 fully saturated rings. The molecule has 1 aromatic heterocycles. The summed E-state index contributed by atoms with van der Waals surface area (Å²) in [4.78, 5) is 17.1. The molecule has 0 spiro atoms. The normalized spacial score (nSPS) is 15.8. The summed E-state index contributed by atoms with van der Waals surface area (Å²) in [5, 5.41) is 3.14. The van der Waals surface area contributed by atoms with Crippen molar-refractivity contribution in [2.45, 2.75) is 44.7 Å². The first-order valence-electron chi connectivity index (χ1n) is 9.58. The molecule has 0 unspecified atom stereocenters. The Kier molecular flexibility index (Phi) is 4.91. The maximum absolute atomic E-state index is 13.0. The molecule has 0 bridgehead atoms. The fourth-order valence-corrected chi connectivity index (χ4v) is 4.04. The molecule has 4 rings (SSSR count). The zero-order valence-corrected chi connectivity index (χ0v) is 15.3. The van der Waals surface area contributed by atoms with Gasteiger partial charge in [-0.2, -0.15) is 13.2 Å². The standard InChI is InChI=1S/C21H22F3N3O/c22-21(23,24)15-7-4-8-16(11-15)25-17-12-19-18(26-20(28)27-19)10-14(17)9-13-5-2-1-3-6-13/h4,7-8,10-13,25H,1-3,5-6,9H2,(H2,26,27,28). The number of alkyl halides is 3. The molecule has 0 atom stereocenters. The highest BCUT2D eigenvalue weighted by atomic mass is 19.4. The second-order valence-corrected chi connectivity index (χ2v) is 7.55. The number of anilines is 2. The summed E-state index contributed by atoms with van der Waals surface area (Å²) in [6.07, 6.45) is 2.45. The fraction of sp³-hybridized carbons (Fsp3) is 0.381. The minimum Gasteiger partial charge on any atom is -0.355 e. The zero-order valence-electron chi connectivity index (χ0n) is 15.3. The third kappa shape index (κ3) is 4.08. The van der Waals surface area contributed by atoms with Crippen LogP contribution in [0.4, 0.5) is 24.5 Å². The Bertz CT molecular complexity index is 1030. The van der Waals surface area contributed by atoms with E-state index in [4.69, 9.17) is 0 Å². The van der Waals surface area contributed by atoms with E-state index in [0.29, 0.717) is 22.6 Å². The monoisotopic (exact) mass is 389 g/mol. The van der Waals surface area contributed by atoms with Crippen LogP contribution in [0.15, 0.2) is 41.2 Å². The van der Waals surface area contributed by atoms with Gasteiger partial charge in [0.05, 0.1) is 16.6 Å². The van der Waals surface area contributed by atoms with E-state index in [1.54, 1.807) is 12.1 Å². The Labute approximate surface area is 160 Å².